The fraction of sp³-hybridized carbons (Fsp3) is 0.350. The molecule has 0 spiro atoms. The number of rotatable bonds is 6. The number of nitrogens with zero attached hydrogens (tertiary/aromatic N) is 1. The van der Waals surface area contributed by atoms with Gasteiger partial charge in [0.1, 0.15) is 10.6 Å². The normalized spacial score (nSPS) is 15.7. The summed E-state index contributed by atoms with van der Waals surface area (Å²) in [5.74, 6) is -0.221. The molecule has 0 saturated carbocycles. The Labute approximate surface area is 191 Å². The van der Waals surface area contributed by atoms with Gasteiger partial charge >= 0.3 is 0 Å². The number of anilines is 1. The smallest absolute Gasteiger partial charge is 0.246 e. The lowest BCUT2D eigenvalue weighted by atomic mass is 9.97. The topological polar surface area (TPSA) is 75.7 Å². The number of ether oxygens (including phenoxy) is 1. The second kappa shape index (κ2) is 9.75. The second-order valence-corrected chi connectivity index (χ2v) is 9.98. The van der Waals surface area contributed by atoms with Crippen molar-refractivity contribution in [3.05, 3.63) is 51.5 Å². The first-order valence-corrected chi connectivity index (χ1v) is 12.0. The van der Waals surface area contributed by atoms with Gasteiger partial charge in [-0.1, -0.05) is 34.8 Å². The van der Waals surface area contributed by atoms with Gasteiger partial charge in [-0.25, -0.2) is 8.42 Å². The highest BCUT2D eigenvalue weighted by atomic mass is 35.5. The summed E-state index contributed by atoms with van der Waals surface area (Å²) < 4.78 is 33.1. The van der Waals surface area contributed by atoms with Crippen LogP contribution in [0.2, 0.25) is 15.1 Å². The predicted molar refractivity (Wildman–Crippen MR) is 119 cm³/mol. The Morgan fingerprint density at radius 1 is 1.10 bits per heavy atom. The van der Waals surface area contributed by atoms with Gasteiger partial charge < -0.3 is 10.1 Å². The van der Waals surface area contributed by atoms with Crippen molar-refractivity contribution in [3.8, 4) is 5.75 Å². The number of carbonyl (C=O) groups excluding carboxylic acids is 1. The van der Waals surface area contributed by atoms with Crippen molar-refractivity contribution < 1.29 is 17.9 Å². The third-order valence-electron chi connectivity index (χ3n) is 4.84. The maximum atomic E-state index is 13.1. The zero-order valence-electron chi connectivity index (χ0n) is 16.2. The number of nitrogens with one attached hydrogen (secondary N) is 1. The molecule has 10 heteroatoms. The van der Waals surface area contributed by atoms with E-state index >= 15 is 0 Å². The van der Waals surface area contributed by atoms with Gasteiger partial charge in [-0.2, -0.15) is 4.31 Å². The number of hydrogen-bond donors (Lipinski definition) is 1. The minimum atomic E-state index is -3.80. The van der Waals surface area contributed by atoms with E-state index in [0.717, 1.165) is 0 Å². The molecule has 1 aliphatic rings. The number of carbonyl (C=O) groups is 1. The monoisotopic (exact) mass is 490 g/mol. The van der Waals surface area contributed by atoms with Crippen molar-refractivity contribution in [2.24, 2.45) is 5.92 Å². The molecule has 1 heterocycles. The summed E-state index contributed by atoms with van der Waals surface area (Å²) in [5, 5.41) is 3.88. The Balaban J connectivity index is 1.68. The highest BCUT2D eigenvalue weighted by Gasteiger charge is 2.34. The highest BCUT2D eigenvalue weighted by molar-refractivity contribution is 7.89. The van der Waals surface area contributed by atoms with Crippen LogP contribution in [0, 0.1) is 5.92 Å². The SMILES string of the molecule is CCOc1ccc(Cl)cc1S(=O)(=O)N1CCC(C(=O)Nc2ccc(Cl)c(Cl)c2)CC1. The van der Waals surface area contributed by atoms with E-state index < -0.39 is 10.0 Å². The third-order valence-corrected chi connectivity index (χ3v) is 7.73. The number of amides is 1. The van der Waals surface area contributed by atoms with Crippen molar-refractivity contribution in [1.82, 2.24) is 4.31 Å². The number of sulfonamides is 1. The van der Waals surface area contributed by atoms with Crippen LogP contribution >= 0.6 is 34.8 Å². The van der Waals surface area contributed by atoms with Gasteiger partial charge in [-0.15, -0.1) is 0 Å². The second-order valence-electron chi connectivity index (χ2n) is 6.82. The number of piperidine rings is 1. The van der Waals surface area contributed by atoms with Crippen LogP contribution in [0.15, 0.2) is 41.3 Å². The maximum Gasteiger partial charge on any atom is 0.246 e. The third kappa shape index (κ3) is 5.21. The Hall–Kier alpha value is -1.51. The summed E-state index contributed by atoms with van der Waals surface area (Å²) in [7, 11) is -3.80. The molecule has 2 aromatic carbocycles. The van der Waals surface area contributed by atoms with Crippen LogP contribution in [0.4, 0.5) is 5.69 Å². The number of benzene rings is 2. The lowest BCUT2D eigenvalue weighted by Crippen LogP contribution is -2.41. The highest BCUT2D eigenvalue weighted by Crippen LogP contribution is 2.32. The minimum Gasteiger partial charge on any atom is -0.492 e. The van der Waals surface area contributed by atoms with Gasteiger partial charge in [0, 0.05) is 29.7 Å². The van der Waals surface area contributed by atoms with E-state index in [9.17, 15) is 13.2 Å². The predicted octanol–water partition coefficient (Wildman–Crippen LogP) is 5.08. The lowest BCUT2D eigenvalue weighted by Gasteiger charge is -2.31. The van der Waals surface area contributed by atoms with Crippen LogP contribution in [0.1, 0.15) is 19.8 Å². The van der Waals surface area contributed by atoms with Crippen LogP contribution in [0.25, 0.3) is 0 Å². The summed E-state index contributed by atoms with van der Waals surface area (Å²) in [6.07, 6.45) is 0.799. The molecule has 0 aromatic heterocycles. The van der Waals surface area contributed by atoms with Crippen LogP contribution in [0.5, 0.6) is 5.75 Å². The summed E-state index contributed by atoms with van der Waals surface area (Å²) >= 11 is 17.9. The Bertz CT molecular complexity index is 1040. The van der Waals surface area contributed by atoms with E-state index in [1.807, 2.05) is 0 Å². The molecule has 0 unspecified atom stereocenters. The van der Waals surface area contributed by atoms with Crippen LogP contribution in [-0.2, 0) is 14.8 Å². The summed E-state index contributed by atoms with van der Waals surface area (Å²) in [6, 6.07) is 9.39. The minimum absolute atomic E-state index is 0.0376. The fourth-order valence-electron chi connectivity index (χ4n) is 3.27. The van der Waals surface area contributed by atoms with Crippen molar-refractivity contribution >= 4 is 56.4 Å². The van der Waals surface area contributed by atoms with Crippen LogP contribution in [-0.4, -0.2) is 38.3 Å². The average Bonchev–Trinajstić information content (AvgIpc) is 2.72. The molecule has 30 heavy (non-hydrogen) atoms. The van der Waals surface area contributed by atoms with Crippen molar-refractivity contribution in [2.45, 2.75) is 24.7 Å². The Morgan fingerprint density at radius 3 is 2.43 bits per heavy atom. The van der Waals surface area contributed by atoms with E-state index in [1.54, 1.807) is 37.3 Å². The fourth-order valence-corrected chi connectivity index (χ4v) is 5.44. The zero-order valence-corrected chi connectivity index (χ0v) is 19.3. The molecule has 1 N–H and O–H groups in total. The van der Waals surface area contributed by atoms with Gasteiger partial charge in [0.15, 0.2) is 0 Å². The standard InChI is InChI=1S/C20H21Cl3N2O4S/c1-2-29-18-6-3-14(21)11-19(18)30(27,28)25-9-7-13(8-10-25)20(26)24-15-4-5-16(22)17(23)12-15/h3-6,11-13H,2,7-10H2,1H3,(H,24,26). The number of halogens is 3. The van der Waals surface area contributed by atoms with E-state index in [1.165, 1.54) is 10.4 Å². The van der Waals surface area contributed by atoms with Crippen LogP contribution in [0.3, 0.4) is 0 Å². The molecule has 0 bridgehead atoms. The number of hydrogen-bond acceptors (Lipinski definition) is 4. The van der Waals surface area contributed by atoms with E-state index in [4.69, 9.17) is 39.5 Å². The Kier molecular flexibility index (Phi) is 7.52. The molecule has 0 atom stereocenters. The molecule has 0 aliphatic carbocycles. The first-order valence-electron chi connectivity index (χ1n) is 9.40. The van der Waals surface area contributed by atoms with Crippen LogP contribution < -0.4 is 10.1 Å². The Morgan fingerprint density at radius 2 is 1.80 bits per heavy atom. The summed E-state index contributed by atoms with van der Waals surface area (Å²) in [5.41, 5.74) is 0.546. The molecule has 6 nitrogen and oxygen atoms in total. The molecule has 0 radical (unpaired) electrons. The van der Waals surface area contributed by atoms with Crippen molar-refractivity contribution in [1.29, 1.82) is 0 Å². The molecule has 162 valence electrons. The molecular weight excluding hydrogens is 471 g/mol. The van der Waals surface area contributed by atoms with Gasteiger partial charge in [-0.05, 0) is 56.2 Å². The maximum absolute atomic E-state index is 13.1. The molecule has 3 rings (SSSR count). The van der Waals surface area contributed by atoms with Gasteiger partial charge in [0.2, 0.25) is 15.9 Å². The van der Waals surface area contributed by atoms with Gasteiger partial charge in [-0.3, -0.25) is 4.79 Å². The molecule has 1 fully saturated rings. The van der Waals surface area contributed by atoms with E-state index in [2.05, 4.69) is 5.32 Å². The summed E-state index contributed by atoms with van der Waals surface area (Å²) in [4.78, 5) is 12.6. The van der Waals surface area contributed by atoms with Gasteiger partial charge in [0.05, 0.1) is 16.7 Å². The van der Waals surface area contributed by atoms with Gasteiger partial charge in [0.25, 0.3) is 0 Å². The quantitative estimate of drug-likeness (QED) is 0.611. The molecule has 1 saturated heterocycles. The zero-order chi connectivity index (χ0) is 21.9. The van der Waals surface area contributed by atoms with E-state index in [0.29, 0.717) is 40.2 Å². The molecule has 1 amide bonds. The average molecular weight is 492 g/mol. The van der Waals surface area contributed by atoms with E-state index in [-0.39, 0.29) is 35.6 Å². The lowest BCUT2D eigenvalue weighted by molar-refractivity contribution is -0.120. The molecule has 1 aliphatic heterocycles. The van der Waals surface area contributed by atoms with Crippen molar-refractivity contribution in [2.75, 3.05) is 25.0 Å². The molecule has 2 aromatic rings. The summed E-state index contributed by atoms with van der Waals surface area (Å²) in [6.45, 7) is 2.56. The molecular formula is C20H21Cl3N2O4S. The first kappa shape index (κ1) is 23.2. The van der Waals surface area contributed by atoms with Crippen molar-refractivity contribution in [3.63, 3.8) is 0 Å². The largest absolute Gasteiger partial charge is 0.492 e. The first-order chi connectivity index (χ1) is 14.2.